The van der Waals surface area contributed by atoms with Crippen LogP contribution >= 0.6 is 0 Å². The van der Waals surface area contributed by atoms with Crippen molar-refractivity contribution in [3.05, 3.63) is 23.7 Å². The van der Waals surface area contributed by atoms with Crippen molar-refractivity contribution >= 4 is 5.91 Å². The van der Waals surface area contributed by atoms with Crippen molar-refractivity contribution in [1.82, 2.24) is 4.90 Å². The molecule has 0 aromatic carbocycles. The van der Waals surface area contributed by atoms with E-state index in [-0.39, 0.29) is 5.91 Å². The number of ether oxygens (including phenoxy) is 1. The van der Waals surface area contributed by atoms with Gasteiger partial charge in [0, 0.05) is 25.8 Å². The molecule has 1 aliphatic rings. The molecule has 2 rings (SSSR count). The van der Waals surface area contributed by atoms with Crippen LogP contribution in [-0.2, 0) is 16.1 Å². The second-order valence-corrected chi connectivity index (χ2v) is 4.62. The number of nitrogens with zero attached hydrogens (tertiary/aromatic N) is 1. The van der Waals surface area contributed by atoms with Gasteiger partial charge in [-0.15, -0.1) is 0 Å². The second-order valence-electron chi connectivity index (χ2n) is 4.62. The Morgan fingerprint density at radius 2 is 2.41 bits per heavy atom. The van der Waals surface area contributed by atoms with Crippen LogP contribution in [0, 0.1) is 6.92 Å². The monoisotopic (exact) mass is 238 g/mol. The summed E-state index contributed by atoms with van der Waals surface area (Å²) in [6, 6.07) is 1.87. The van der Waals surface area contributed by atoms with E-state index < -0.39 is 5.54 Å². The minimum atomic E-state index is -0.855. The number of amides is 1. The molecule has 1 saturated heterocycles. The Balaban J connectivity index is 2.03. The highest BCUT2D eigenvalue weighted by atomic mass is 16.5. The number of nitrogens with two attached hydrogens (primary N) is 1. The number of hydrogen-bond acceptors (Lipinski definition) is 4. The average Bonchev–Trinajstić information content (AvgIpc) is 2.89. The Morgan fingerprint density at radius 3 is 2.94 bits per heavy atom. The third-order valence-electron chi connectivity index (χ3n) is 3.20. The van der Waals surface area contributed by atoms with Gasteiger partial charge in [0.2, 0.25) is 5.91 Å². The van der Waals surface area contributed by atoms with Crippen molar-refractivity contribution < 1.29 is 13.9 Å². The van der Waals surface area contributed by atoms with Crippen LogP contribution in [-0.4, -0.2) is 36.6 Å². The smallest absolute Gasteiger partial charge is 0.245 e. The van der Waals surface area contributed by atoms with E-state index in [2.05, 4.69) is 0 Å². The van der Waals surface area contributed by atoms with Crippen molar-refractivity contribution in [3.8, 4) is 0 Å². The molecular formula is C12H18N2O3. The molecule has 5 nitrogen and oxygen atoms in total. The molecule has 0 saturated carbocycles. The highest BCUT2D eigenvalue weighted by Gasteiger charge is 2.40. The number of furan rings is 1. The molecule has 1 fully saturated rings. The lowest BCUT2D eigenvalue weighted by atomic mass is 9.98. The summed E-state index contributed by atoms with van der Waals surface area (Å²) in [6.45, 7) is 3.26. The molecule has 5 heteroatoms. The quantitative estimate of drug-likeness (QED) is 0.840. The molecule has 0 bridgehead atoms. The van der Waals surface area contributed by atoms with Gasteiger partial charge < -0.3 is 19.8 Å². The molecule has 1 atom stereocenters. The van der Waals surface area contributed by atoms with Crippen LogP contribution in [0.25, 0.3) is 0 Å². The Hall–Kier alpha value is -1.33. The molecule has 1 aromatic heterocycles. The Labute approximate surface area is 101 Å². The molecule has 2 N–H and O–H groups in total. The maximum Gasteiger partial charge on any atom is 0.245 e. The number of carbonyl (C=O) groups is 1. The fraction of sp³-hybridized carbons (Fsp3) is 0.583. The summed E-state index contributed by atoms with van der Waals surface area (Å²) in [4.78, 5) is 13.8. The van der Waals surface area contributed by atoms with Gasteiger partial charge in [0.15, 0.2) is 0 Å². The van der Waals surface area contributed by atoms with E-state index in [9.17, 15) is 4.79 Å². The molecule has 2 heterocycles. The number of hydrogen-bond donors (Lipinski definition) is 1. The largest absolute Gasteiger partial charge is 0.469 e. The molecule has 0 radical (unpaired) electrons. The zero-order chi connectivity index (χ0) is 12.5. The maximum atomic E-state index is 12.2. The number of aryl methyl sites for hydroxylation is 1. The fourth-order valence-electron chi connectivity index (χ4n) is 2.03. The molecule has 0 aliphatic carbocycles. The lowest BCUT2D eigenvalue weighted by Gasteiger charge is -2.27. The van der Waals surface area contributed by atoms with E-state index in [4.69, 9.17) is 14.9 Å². The van der Waals surface area contributed by atoms with Crippen molar-refractivity contribution in [2.75, 3.05) is 20.3 Å². The topological polar surface area (TPSA) is 68.7 Å². The number of carbonyl (C=O) groups excluding carboxylic acids is 1. The van der Waals surface area contributed by atoms with Crippen LogP contribution in [0.1, 0.15) is 17.7 Å². The molecule has 17 heavy (non-hydrogen) atoms. The summed E-state index contributed by atoms with van der Waals surface area (Å²) in [6.07, 6.45) is 2.21. The highest BCUT2D eigenvalue weighted by molar-refractivity contribution is 5.86. The molecule has 94 valence electrons. The van der Waals surface area contributed by atoms with E-state index in [1.54, 1.807) is 18.2 Å². The molecule has 1 unspecified atom stereocenters. The second kappa shape index (κ2) is 4.50. The van der Waals surface area contributed by atoms with E-state index in [0.29, 0.717) is 26.2 Å². The van der Waals surface area contributed by atoms with Gasteiger partial charge in [0.05, 0.1) is 12.9 Å². The van der Waals surface area contributed by atoms with E-state index in [1.165, 1.54) is 0 Å². The summed E-state index contributed by atoms with van der Waals surface area (Å²) in [5, 5.41) is 0. The fourth-order valence-corrected chi connectivity index (χ4v) is 2.03. The van der Waals surface area contributed by atoms with Gasteiger partial charge in [0.1, 0.15) is 11.3 Å². The molecule has 1 aromatic rings. The van der Waals surface area contributed by atoms with Crippen molar-refractivity contribution in [2.24, 2.45) is 5.73 Å². The predicted octanol–water partition coefficient (Wildman–Crippen LogP) is 0.664. The van der Waals surface area contributed by atoms with Crippen molar-refractivity contribution in [2.45, 2.75) is 25.4 Å². The summed E-state index contributed by atoms with van der Waals surface area (Å²) in [7, 11) is 1.75. The highest BCUT2D eigenvalue weighted by Crippen LogP contribution is 2.20. The number of likely N-dealkylation sites (N-methyl/N-ethyl adjacent to an activating group) is 1. The van der Waals surface area contributed by atoms with Crippen LogP contribution in [0.4, 0.5) is 0 Å². The molecule has 1 aliphatic heterocycles. The standard InChI is InChI=1S/C12H18N2O3/c1-9-10(3-5-17-9)7-14(2)11(15)12(13)4-6-16-8-12/h3,5H,4,6-8,13H2,1-2H3. The predicted molar refractivity (Wildman–Crippen MR) is 62.3 cm³/mol. The summed E-state index contributed by atoms with van der Waals surface area (Å²) in [5.41, 5.74) is 6.18. The lowest BCUT2D eigenvalue weighted by Crippen LogP contribution is -2.54. The van der Waals surface area contributed by atoms with Crippen LogP contribution in [0.2, 0.25) is 0 Å². The minimum absolute atomic E-state index is 0.0735. The summed E-state index contributed by atoms with van der Waals surface area (Å²) < 4.78 is 10.4. The van der Waals surface area contributed by atoms with Gasteiger partial charge in [-0.05, 0) is 19.4 Å². The van der Waals surface area contributed by atoms with E-state index in [0.717, 1.165) is 11.3 Å². The van der Waals surface area contributed by atoms with Crippen LogP contribution < -0.4 is 5.73 Å². The first-order valence-corrected chi connectivity index (χ1v) is 5.68. The zero-order valence-electron chi connectivity index (χ0n) is 10.2. The van der Waals surface area contributed by atoms with Crippen LogP contribution in [0.3, 0.4) is 0 Å². The Kier molecular flexibility index (Phi) is 3.22. The third-order valence-corrected chi connectivity index (χ3v) is 3.20. The van der Waals surface area contributed by atoms with Gasteiger partial charge in [-0.2, -0.15) is 0 Å². The van der Waals surface area contributed by atoms with Gasteiger partial charge in [0.25, 0.3) is 0 Å². The van der Waals surface area contributed by atoms with E-state index in [1.807, 2.05) is 13.0 Å². The zero-order valence-corrected chi connectivity index (χ0v) is 10.2. The first kappa shape index (κ1) is 12.1. The van der Waals surface area contributed by atoms with Crippen molar-refractivity contribution in [1.29, 1.82) is 0 Å². The van der Waals surface area contributed by atoms with Crippen LogP contribution in [0.5, 0.6) is 0 Å². The molecule has 0 spiro atoms. The van der Waals surface area contributed by atoms with Crippen molar-refractivity contribution in [3.63, 3.8) is 0 Å². The van der Waals surface area contributed by atoms with Gasteiger partial charge in [-0.25, -0.2) is 0 Å². The average molecular weight is 238 g/mol. The normalized spacial score (nSPS) is 23.9. The number of rotatable bonds is 3. The van der Waals surface area contributed by atoms with Gasteiger partial charge in [-0.1, -0.05) is 0 Å². The first-order valence-electron chi connectivity index (χ1n) is 5.68. The molecular weight excluding hydrogens is 220 g/mol. The minimum Gasteiger partial charge on any atom is -0.469 e. The third kappa shape index (κ3) is 2.35. The first-order chi connectivity index (χ1) is 8.03. The lowest BCUT2D eigenvalue weighted by molar-refractivity contribution is -0.136. The summed E-state index contributed by atoms with van der Waals surface area (Å²) in [5.74, 6) is 0.758. The van der Waals surface area contributed by atoms with Crippen LogP contribution in [0.15, 0.2) is 16.7 Å². The van der Waals surface area contributed by atoms with Gasteiger partial charge >= 0.3 is 0 Å². The Bertz CT molecular complexity index is 408. The maximum absolute atomic E-state index is 12.2. The van der Waals surface area contributed by atoms with Gasteiger partial charge in [-0.3, -0.25) is 4.79 Å². The molecule has 1 amide bonds. The Morgan fingerprint density at radius 1 is 1.65 bits per heavy atom. The van der Waals surface area contributed by atoms with E-state index >= 15 is 0 Å². The SMILES string of the molecule is Cc1occc1CN(C)C(=O)C1(N)CCOC1. The summed E-state index contributed by atoms with van der Waals surface area (Å²) >= 11 is 0.